The Hall–Kier alpha value is -2.22. The number of aromatic nitrogens is 3. The number of nitrogens with one attached hydrogen (secondary N) is 2. The van der Waals surface area contributed by atoms with E-state index in [9.17, 15) is 13.2 Å². The summed E-state index contributed by atoms with van der Waals surface area (Å²) in [5, 5.41) is 9.19. The number of amides is 1. The molecule has 8 heteroatoms. The zero-order chi connectivity index (χ0) is 15.3. The standard InChI is InChI=1S/C13H16N4O3S/c1-21(19,20)8-10-2-4-11(5-3-10)13(18)14-7-6-12-15-9-16-17-12/h2-5,9H,6-8H2,1H3,(H,14,18)(H,15,16,17). The van der Waals surface area contributed by atoms with E-state index in [0.29, 0.717) is 29.9 Å². The Bertz CT molecular complexity index is 694. The number of hydrogen-bond donors (Lipinski definition) is 2. The minimum absolute atomic E-state index is 0.0274. The molecule has 0 aliphatic heterocycles. The van der Waals surface area contributed by atoms with Crippen LogP contribution in [0.25, 0.3) is 0 Å². The van der Waals surface area contributed by atoms with Gasteiger partial charge in [0, 0.05) is 24.8 Å². The third-order valence-corrected chi connectivity index (χ3v) is 3.61. The van der Waals surface area contributed by atoms with Crippen molar-refractivity contribution >= 4 is 15.7 Å². The Morgan fingerprint density at radius 2 is 2.00 bits per heavy atom. The van der Waals surface area contributed by atoms with Crippen LogP contribution in [-0.4, -0.2) is 42.3 Å². The monoisotopic (exact) mass is 308 g/mol. The van der Waals surface area contributed by atoms with E-state index in [1.165, 1.54) is 12.6 Å². The lowest BCUT2D eigenvalue weighted by Gasteiger charge is -2.05. The third-order valence-electron chi connectivity index (χ3n) is 2.76. The van der Waals surface area contributed by atoms with Gasteiger partial charge in [-0.05, 0) is 17.7 Å². The first kappa shape index (κ1) is 15.2. The average Bonchev–Trinajstić information content (AvgIpc) is 2.91. The maximum atomic E-state index is 11.9. The van der Waals surface area contributed by atoms with Gasteiger partial charge in [0.1, 0.15) is 12.2 Å². The van der Waals surface area contributed by atoms with E-state index in [1.807, 2.05) is 0 Å². The molecule has 0 bridgehead atoms. The van der Waals surface area contributed by atoms with Crippen molar-refractivity contribution in [2.75, 3.05) is 12.8 Å². The van der Waals surface area contributed by atoms with Crippen LogP contribution >= 0.6 is 0 Å². The Kier molecular flexibility index (Phi) is 4.69. The molecule has 2 aromatic rings. The lowest BCUT2D eigenvalue weighted by Crippen LogP contribution is -2.25. The maximum Gasteiger partial charge on any atom is 0.251 e. The average molecular weight is 308 g/mol. The number of hydrogen-bond acceptors (Lipinski definition) is 5. The van der Waals surface area contributed by atoms with Gasteiger partial charge in [0.2, 0.25) is 0 Å². The molecule has 0 spiro atoms. The van der Waals surface area contributed by atoms with Crippen LogP contribution in [0.3, 0.4) is 0 Å². The molecule has 7 nitrogen and oxygen atoms in total. The second kappa shape index (κ2) is 6.49. The van der Waals surface area contributed by atoms with Crippen LogP contribution in [0.15, 0.2) is 30.6 Å². The van der Waals surface area contributed by atoms with E-state index in [1.54, 1.807) is 24.3 Å². The highest BCUT2D eigenvalue weighted by Gasteiger charge is 2.08. The Morgan fingerprint density at radius 1 is 1.29 bits per heavy atom. The molecule has 1 amide bonds. The number of H-pyrrole nitrogens is 1. The zero-order valence-electron chi connectivity index (χ0n) is 11.5. The highest BCUT2D eigenvalue weighted by molar-refractivity contribution is 7.89. The van der Waals surface area contributed by atoms with E-state index in [4.69, 9.17) is 0 Å². The molecule has 21 heavy (non-hydrogen) atoms. The number of aromatic amines is 1. The molecule has 0 atom stereocenters. The molecule has 0 aliphatic rings. The van der Waals surface area contributed by atoms with Gasteiger partial charge < -0.3 is 5.32 Å². The van der Waals surface area contributed by atoms with E-state index < -0.39 is 9.84 Å². The topological polar surface area (TPSA) is 105 Å². The van der Waals surface area contributed by atoms with Gasteiger partial charge in [-0.2, -0.15) is 5.10 Å². The second-order valence-corrected chi connectivity index (χ2v) is 6.85. The lowest BCUT2D eigenvalue weighted by molar-refractivity contribution is 0.0954. The molecule has 0 radical (unpaired) electrons. The fourth-order valence-corrected chi connectivity index (χ4v) is 2.60. The SMILES string of the molecule is CS(=O)(=O)Cc1ccc(C(=O)NCCc2ncn[nH]2)cc1. The smallest absolute Gasteiger partial charge is 0.251 e. The van der Waals surface area contributed by atoms with E-state index in [0.717, 1.165) is 0 Å². The predicted molar refractivity (Wildman–Crippen MR) is 77.4 cm³/mol. The quantitative estimate of drug-likeness (QED) is 0.799. The lowest BCUT2D eigenvalue weighted by atomic mass is 10.1. The van der Waals surface area contributed by atoms with Crippen molar-refractivity contribution in [3.8, 4) is 0 Å². The van der Waals surface area contributed by atoms with Gasteiger partial charge in [-0.1, -0.05) is 12.1 Å². The highest BCUT2D eigenvalue weighted by atomic mass is 32.2. The van der Waals surface area contributed by atoms with Gasteiger partial charge in [-0.25, -0.2) is 13.4 Å². The van der Waals surface area contributed by atoms with Gasteiger partial charge in [-0.15, -0.1) is 0 Å². The zero-order valence-corrected chi connectivity index (χ0v) is 12.4. The summed E-state index contributed by atoms with van der Waals surface area (Å²) < 4.78 is 22.4. The molecule has 0 saturated carbocycles. The molecule has 1 aromatic carbocycles. The predicted octanol–water partition coefficient (Wildman–Crippen LogP) is 0.322. The van der Waals surface area contributed by atoms with E-state index in [-0.39, 0.29) is 11.7 Å². The molecule has 0 aliphatic carbocycles. The van der Waals surface area contributed by atoms with Gasteiger partial charge in [0.25, 0.3) is 5.91 Å². The fourth-order valence-electron chi connectivity index (χ4n) is 1.80. The minimum atomic E-state index is -3.07. The van der Waals surface area contributed by atoms with Gasteiger partial charge in [-0.3, -0.25) is 9.89 Å². The molecule has 0 saturated heterocycles. The van der Waals surface area contributed by atoms with Gasteiger partial charge in [0.15, 0.2) is 9.84 Å². The van der Waals surface area contributed by atoms with E-state index in [2.05, 4.69) is 20.5 Å². The first-order valence-electron chi connectivity index (χ1n) is 6.33. The van der Waals surface area contributed by atoms with Crippen LogP contribution in [0.4, 0.5) is 0 Å². The molecule has 0 fully saturated rings. The van der Waals surface area contributed by atoms with Crippen molar-refractivity contribution < 1.29 is 13.2 Å². The summed E-state index contributed by atoms with van der Waals surface area (Å²) in [5.74, 6) is 0.472. The summed E-state index contributed by atoms with van der Waals surface area (Å²) in [5.41, 5.74) is 1.15. The molecule has 112 valence electrons. The van der Waals surface area contributed by atoms with Crippen molar-refractivity contribution in [1.82, 2.24) is 20.5 Å². The largest absolute Gasteiger partial charge is 0.352 e. The molecule has 0 unspecified atom stereocenters. The highest BCUT2D eigenvalue weighted by Crippen LogP contribution is 2.07. The molecule has 1 aromatic heterocycles. The Morgan fingerprint density at radius 3 is 2.57 bits per heavy atom. The van der Waals surface area contributed by atoms with E-state index >= 15 is 0 Å². The number of sulfone groups is 1. The second-order valence-electron chi connectivity index (χ2n) is 4.71. The maximum absolute atomic E-state index is 11.9. The van der Waals surface area contributed by atoms with Gasteiger partial charge >= 0.3 is 0 Å². The number of benzene rings is 1. The van der Waals surface area contributed by atoms with Crippen molar-refractivity contribution in [3.63, 3.8) is 0 Å². The molecular formula is C13H16N4O3S. The van der Waals surface area contributed by atoms with Gasteiger partial charge in [0.05, 0.1) is 5.75 Å². The molecule has 2 rings (SSSR count). The van der Waals surface area contributed by atoms with Crippen LogP contribution in [0.2, 0.25) is 0 Å². The number of carbonyl (C=O) groups is 1. The first-order chi connectivity index (χ1) is 9.94. The molecule has 2 N–H and O–H groups in total. The van der Waals surface area contributed by atoms with Crippen LogP contribution in [0, 0.1) is 0 Å². The number of nitrogens with zero attached hydrogens (tertiary/aromatic N) is 2. The number of rotatable bonds is 6. The van der Waals surface area contributed by atoms with Crippen LogP contribution in [0.1, 0.15) is 21.7 Å². The Balaban J connectivity index is 1.87. The third kappa shape index (κ3) is 4.99. The van der Waals surface area contributed by atoms with Crippen LogP contribution < -0.4 is 5.32 Å². The van der Waals surface area contributed by atoms with Crippen molar-refractivity contribution in [2.24, 2.45) is 0 Å². The van der Waals surface area contributed by atoms with Crippen LogP contribution in [0.5, 0.6) is 0 Å². The van der Waals surface area contributed by atoms with Crippen molar-refractivity contribution in [1.29, 1.82) is 0 Å². The summed E-state index contributed by atoms with van der Waals surface area (Å²) in [7, 11) is -3.07. The summed E-state index contributed by atoms with van der Waals surface area (Å²) in [6, 6.07) is 6.52. The minimum Gasteiger partial charge on any atom is -0.352 e. The first-order valence-corrected chi connectivity index (χ1v) is 8.39. The molecule has 1 heterocycles. The normalized spacial score (nSPS) is 11.3. The molecular weight excluding hydrogens is 292 g/mol. The summed E-state index contributed by atoms with van der Waals surface area (Å²) >= 11 is 0. The van der Waals surface area contributed by atoms with Crippen LogP contribution in [-0.2, 0) is 22.0 Å². The van der Waals surface area contributed by atoms with Crippen molar-refractivity contribution in [2.45, 2.75) is 12.2 Å². The Labute approximate surface area is 122 Å². The summed E-state index contributed by atoms with van der Waals surface area (Å²) in [6.07, 6.45) is 3.16. The fraction of sp³-hybridized carbons (Fsp3) is 0.308. The van der Waals surface area contributed by atoms with Crippen molar-refractivity contribution in [3.05, 3.63) is 47.5 Å². The summed E-state index contributed by atoms with van der Waals surface area (Å²) in [6.45, 7) is 0.444. The summed E-state index contributed by atoms with van der Waals surface area (Å²) in [4.78, 5) is 15.9. The number of carbonyl (C=O) groups excluding carboxylic acids is 1.